The van der Waals surface area contributed by atoms with Gasteiger partial charge < -0.3 is 9.47 Å². The van der Waals surface area contributed by atoms with E-state index >= 15 is 0 Å². The smallest absolute Gasteiger partial charge is 0.320 e. The molecule has 1 N–H and O–H groups in total. The van der Waals surface area contributed by atoms with Gasteiger partial charge in [0.15, 0.2) is 5.13 Å². The Hall–Kier alpha value is -2.22. The van der Waals surface area contributed by atoms with E-state index in [0.29, 0.717) is 5.13 Å². The van der Waals surface area contributed by atoms with Crippen molar-refractivity contribution in [1.29, 1.82) is 0 Å². The first-order valence-electron chi connectivity index (χ1n) is 6.31. The Morgan fingerprint density at radius 3 is 2.67 bits per heavy atom. The number of carbonyl (C=O) groups is 1. The zero-order valence-corrected chi connectivity index (χ0v) is 13.0. The van der Waals surface area contributed by atoms with Crippen LogP contribution in [0, 0.1) is 6.92 Å². The van der Waals surface area contributed by atoms with Crippen LogP contribution in [0.5, 0.6) is 11.9 Å². The molecule has 2 rings (SSSR count). The van der Waals surface area contributed by atoms with Crippen molar-refractivity contribution in [3.8, 4) is 11.9 Å². The Bertz CT molecular complexity index is 642. The molecule has 0 unspecified atom stereocenters. The number of hydrogen-bond acceptors (Lipinski definition) is 7. The number of rotatable bonds is 5. The molecule has 0 atom stereocenters. The van der Waals surface area contributed by atoms with Crippen molar-refractivity contribution in [2.24, 2.45) is 0 Å². The van der Waals surface area contributed by atoms with Crippen LogP contribution in [0.4, 0.5) is 5.13 Å². The summed E-state index contributed by atoms with van der Waals surface area (Å²) in [6.07, 6.45) is -0.0675. The summed E-state index contributed by atoms with van der Waals surface area (Å²) in [5.41, 5.74) is 1.00. The maximum absolute atomic E-state index is 12.2. The number of amides is 1. The van der Waals surface area contributed by atoms with Crippen molar-refractivity contribution in [2.45, 2.75) is 26.9 Å². The van der Waals surface area contributed by atoms with Gasteiger partial charge in [0.1, 0.15) is 5.69 Å². The summed E-state index contributed by atoms with van der Waals surface area (Å²) in [6.45, 7) is 5.59. The highest BCUT2D eigenvalue weighted by Crippen LogP contribution is 2.18. The number of aryl methyl sites for hydroxylation is 1. The number of methoxy groups -OCH3 is 1. The van der Waals surface area contributed by atoms with Crippen molar-refractivity contribution in [2.75, 3.05) is 12.4 Å². The Morgan fingerprint density at radius 1 is 1.33 bits per heavy atom. The molecular formula is C13H16N4O3S. The zero-order chi connectivity index (χ0) is 15.4. The fraction of sp³-hybridized carbons (Fsp3) is 0.385. The molecule has 0 aliphatic heterocycles. The van der Waals surface area contributed by atoms with Crippen molar-refractivity contribution >= 4 is 22.4 Å². The van der Waals surface area contributed by atoms with Gasteiger partial charge in [-0.3, -0.25) is 10.1 Å². The summed E-state index contributed by atoms with van der Waals surface area (Å²) < 4.78 is 10.5. The van der Waals surface area contributed by atoms with E-state index in [4.69, 9.17) is 9.47 Å². The molecule has 1 amide bonds. The monoisotopic (exact) mass is 308 g/mol. The van der Waals surface area contributed by atoms with Gasteiger partial charge in [-0.1, -0.05) is 0 Å². The van der Waals surface area contributed by atoms with Crippen LogP contribution in [0.3, 0.4) is 0 Å². The maximum Gasteiger partial charge on any atom is 0.320 e. The van der Waals surface area contributed by atoms with Crippen LogP contribution in [-0.4, -0.2) is 34.1 Å². The molecule has 2 aromatic rings. The van der Waals surface area contributed by atoms with Crippen LogP contribution in [0.1, 0.15) is 30.0 Å². The average Bonchev–Trinajstić information content (AvgIpc) is 2.82. The van der Waals surface area contributed by atoms with E-state index in [1.54, 1.807) is 0 Å². The summed E-state index contributed by atoms with van der Waals surface area (Å²) >= 11 is 1.35. The first kappa shape index (κ1) is 15.2. The number of aromatic nitrogens is 3. The minimum absolute atomic E-state index is 0.0675. The van der Waals surface area contributed by atoms with E-state index in [1.165, 1.54) is 24.5 Å². The molecule has 0 aromatic carbocycles. The molecule has 112 valence electrons. The minimum Gasteiger partial charge on any atom is -0.475 e. The van der Waals surface area contributed by atoms with Gasteiger partial charge in [-0.25, -0.2) is 4.98 Å². The van der Waals surface area contributed by atoms with Crippen LogP contribution < -0.4 is 14.8 Å². The van der Waals surface area contributed by atoms with E-state index in [0.717, 1.165) is 5.69 Å². The summed E-state index contributed by atoms with van der Waals surface area (Å²) in [7, 11) is 1.43. The Labute approximate surface area is 126 Å². The summed E-state index contributed by atoms with van der Waals surface area (Å²) in [4.78, 5) is 24.4. The molecule has 0 bridgehead atoms. The lowest BCUT2D eigenvalue weighted by Gasteiger charge is -2.10. The fourth-order valence-corrected chi connectivity index (χ4v) is 2.17. The van der Waals surface area contributed by atoms with Gasteiger partial charge in [0.2, 0.25) is 5.88 Å². The second kappa shape index (κ2) is 6.49. The SMILES string of the molecule is COc1nc(OC(C)C)cc(C(=O)Nc2nc(C)cs2)n1. The number of hydrogen-bond donors (Lipinski definition) is 1. The summed E-state index contributed by atoms with van der Waals surface area (Å²) in [5, 5.41) is 5.04. The largest absolute Gasteiger partial charge is 0.475 e. The second-order valence-corrected chi connectivity index (χ2v) is 5.35. The highest BCUT2D eigenvalue weighted by molar-refractivity contribution is 7.13. The van der Waals surface area contributed by atoms with E-state index in [2.05, 4.69) is 20.3 Å². The van der Waals surface area contributed by atoms with Crippen LogP contribution in [0.25, 0.3) is 0 Å². The highest BCUT2D eigenvalue weighted by Gasteiger charge is 2.15. The molecule has 0 fully saturated rings. The normalized spacial score (nSPS) is 10.5. The number of nitrogens with zero attached hydrogens (tertiary/aromatic N) is 3. The topological polar surface area (TPSA) is 86.2 Å². The molecule has 2 heterocycles. The Kier molecular flexibility index (Phi) is 4.69. The average molecular weight is 308 g/mol. The van der Waals surface area contributed by atoms with Gasteiger partial charge in [0, 0.05) is 11.4 Å². The highest BCUT2D eigenvalue weighted by atomic mass is 32.1. The van der Waals surface area contributed by atoms with Gasteiger partial charge in [-0.15, -0.1) is 11.3 Å². The van der Waals surface area contributed by atoms with Gasteiger partial charge >= 0.3 is 6.01 Å². The number of carbonyl (C=O) groups excluding carboxylic acids is 1. The van der Waals surface area contributed by atoms with E-state index in [-0.39, 0.29) is 23.7 Å². The standard InChI is InChI=1S/C13H16N4O3S/c1-7(2)20-10-5-9(15-12(16-10)19-4)11(18)17-13-14-8(3)6-21-13/h5-7H,1-4H3,(H,14,17,18). The van der Waals surface area contributed by atoms with Crippen molar-refractivity contribution in [1.82, 2.24) is 15.0 Å². The molecule has 0 aliphatic rings. The Morgan fingerprint density at radius 2 is 2.10 bits per heavy atom. The van der Waals surface area contributed by atoms with Crippen LogP contribution >= 0.6 is 11.3 Å². The van der Waals surface area contributed by atoms with Crippen molar-refractivity contribution in [3.63, 3.8) is 0 Å². The van der Waals surface area contributed by atoms with E-state index < -0.39 is 5.91 Å². The maximum atomic E-state index is 12.2. The molecule has 0 spiro atoms. The molecule has 0 saturated heterocycles. The van der Waals surface area contributed by atoms with Crippen LogP contribution in [0.15, 0.2) is 11.4 Å². The number of thiazole rings is 1. The second-order valence-electron chi connectivity index (χ2n) is 4.49. The summed E-state index contributed by atoms with van der Waals surface area (Å²) in [5.74, 6) is -0.101. The lowest BCUT2D eigenvalue weighted by atomic mass is 10.3. The van der Waals surface area contributed by atoms with Gasteiger partial charge in [-0.2, -0.15) is 9.97 Å². The Balaban J connectivity index is 2.22. The third kappa shape index (κ3) is 4.12. The zero-order valence-electron chi connectivity index (χ0n) is 12.2. The van der Waals surface area contributed by atoms with Crippen LogP contribution in [-0.2, 0) is 0 Å². The van der Waals surface area contributed by atoms with Gasteiger partial charge in [0.25, 0.3) is 5.91 Å². The number of nitrogens with one attached hydrogen (secondary N) is 1. The molecule has 8 heteroatoms. The molecule has 0 aliphatic carbocycles. The number of anilines is 1. The summed E-state index contributed by atoms with van der Waals surface area (Å²) in [6, 6.07) is 1.55. The lowest BCUT2D eigenvalue weighted by molar-refractivity contribution is 0.101. The molecular weight excluding hydrogens is 292 g/mol. The number of ether oxygens (including phenoxy) is 2. The predicted octanol–water partition coefficient (Wildman–Crippen LogP) is 2.29. The van der Waals surface area contributed by atoms with E-state index in [9.17, 15) is 4.79 Å². The van der Waals surface area contributed by atoms with Crippen molar-refractivity contribution < 1.29 is 14.3 Å². The molecule has 0 radical (unpaired) electrons. The van der Waals surface area contributed by atoms with Crippen molar-refractivity contribution in [3.05, 3.63) is 22.8 Å². The first-order valence-corrected chi connectivity index (χ1v) is 7.19. The van der Waals surface area contributed by atoms with Gasteiger partial charge in [0.05, 0.1) is 18.9 Å². The first-order chi connectivity index (χ1) is 9.97. The quantitative estimate of drug-likeness (QED) is 0.912. The third-order valence-corrected chi connectivity index (χ3v) is 3.17. The van der Waals surface area contributed by atoms with E-state index in [1.807, 2.05) is 26.2 Å². The molecule has 7 nitrogen and oxygen atoms in total. The van der Waals surface area contributed by atoms with Gasteiger partial charge in [-0.05, 0) is 20.8 Å². The van der Waals surface area contributed by atoms with Crippen LogP contribution in [0.2, 0.25) is 0 Å². The minimum atomic E-state index is -0.390. The fourth-order valence-electron chi connectivity index (χ4n) is 1.49. The molecule has 21 heavy (non-hydrogen) atoms. The third-order valence-electron chi connectivity index (χ3n) is 2.29. The molecule has 0 saturated carbocycles. The predicted molar refractivity (Wildman–Crippen MR) is 79.2 cm³/mol. The molecule has 2 aromatic heterocycles. The lowest BCUT2D eigenvalue weighted by Crippen LogP contribution is -2.16.